The maximum Gasteiger partial charge on any atom is 0.187 e. The highest BCUT2D eigenvalue weighted by molar-refractivity contribution is 5.17. The number of hydrogen-bond acceptors (Lipinski definition) is 35. The van der Waals surface area contributed by atoms with Crippen molar-refractivity contribution in [3.05, 3.63) is 46.3 Å². The van der Waals surface area contributed by atoms with Crippen LogP contribution in [0.25, 0.3) is 10.4 Å². The third-order valence-corrected chi connectivity index (χ3v) is 19.2. The minimum Gasteiger partial charge on any atom is -0.394 e. The van der Waals surface area contributed by atoms with Gasteiger partial charge in [-0.15, -0.1) is 0 Å². The fourth-order valence-electron chi connectivity index (χ4n) is 14.4. The fraction of sp³-hybridized carbons (Fsp3) is 0.902. The normalized spacial score (nSPS) is 46.7. The Morgan fingerprint density at radius 1 is 0.388 bits per heavy atom. The Morgan fingerprint density at radius 3 is 1.20 bits per heavy atom. The molecule has 0 aromatic heterocycles. The van der Waals surface area contributed by atoms with Crippen LogP contribution in [0.2, 0.25) is 0 Å². The van der Waals surface area contributed by atoms with Gasteiger partial charge in [0.05, 0.1) is 52.4 Å². The van der Waals surface area contributed by atoms with Gasteiger partial charge in [0, 0.05) is 95.8 Å². The van der Waals surface area contributed by atoms with Crippen molar-refractivity contribution < 1.29 is 163 Å². The molecule has 0 saturated carbocycles. The number of aliphatic hydroxyl groups is 6. The zero-order valence-electron chi connectivity index (χ0n) is 56.6. The van der Waals surface area contributed by atoms with Crippen molar-refractivity contribution >= 4 is 0 Å². The highest BCUT2D eigenvalue weighted by Crippen LogP contribution is 2.43. The molecule has 0 spiro atoms. The van der Waals surface area contributed by atoms with Crippen molar-refractivity contribution in [3.8, 4) is 0 Å². The van der Waals surface area contributed by atoms with Crippen LogP contribution in [-0.2, 0) is 133 Å². The summed E-state index contributed by atoms with van der Waals surface area (Å²) >= 11 is 0. The van der Waals surface area contributed by atoms with Crippen molar-refractivity contribution in [3.63, 3.8) is 0 Å². The summed E-state index contributed by atoms with van der Waals surface area (Å²) in [4.78, 5) is 2.99. The predicted molar refractivity (Wildman–Crippen MR) is 320 cm³/mol. The molecule has 6 N–H and O–H groups in total. The van der Waals surface area contributed by atoms with Crippen molar-refractivity contribution in [2.24, 2.45) is 5.11 Å². The van der Waals surface area contributed by atoms with Gasteiger partial charge in [0.25, 0.3) is 0 Å². The average molecular weight is 1420 g/mol. The summed E-state index contributed by atoms with van der Waals surface area (Å²) in [6.45, 7) is -1.72. The maximum absolute atomic E-state index is 11.7. The van der Waals surface area contributed by atoms with Gasteiger partial charge in [-0.25, -0.2) is 0 Å². The minimum atomic E-state index is -1.92. The first-order chi connectivity index (χ1) is 47.6. The van der Waals surface area contributed by atoms with Crippen LogP contribution in [0, 0.1) is 0 Å². The van der Waals surface area contributed by atoms with E-state index in [1.165, 1.54) is 85.3 Å². The van der Waals surface area contributed by atoms with Crippen molar-refractivity contribution in [1.82, 2.24) is 0 Å². The number of fused-ring (bicyclic) bond motifs is 3. The van der Waals surface area contributed by atoms with Gasteiger partial charge >= 0.3 is 0 Å². The highest BCUT2D eigenvalue weighted by atomic mass is 16.8. The zero-order valence-corrected chi connectivity index (χ0v) is 56.6. The summed E-state index contributed by atoms with van der Waals surface area (Å²) in [6.07, 6.45) is -41.7. The topological polar surface area (TPSA) is 429 Å². The molecule has 1 aromatic carbocycles. The molecule has 37 heteroatoms. The third-order valence-electron chi connectivity index (χ3n) is 19.2. The van der Waals surface area contributed by atoms with Gasteiger partial charge in [0.15, 0.2) is 50.3 Å². The second-order valence-electron chi connectivity index (χ2n) is 24.6. The molecule has 0 amide bonds. The number of hydrogen-bond donors (Lipinski definition) is 6. The lowest BCUT2D eigenvalue weighted by Gasteiger charge is -2.52. The second-order valence-corrected chi connectivity index (χ2v) is 24.6. The number of benzene rings is 1. The van der Waals surface area contributed by atoms with Crippen molar-refractivity contribution in [1.29, 1.82) is 0 Å². The number of ether oxygens (including phenoxy) is 28. The van der Waals surface area contributed by atoms with Crippen LogP contribution in [0.15, 0.2) is 35.4 Å². The summed E-state index contributed by atoms with van der Waals surface area (Å²) in [5.41, 5.74) is 10.1. The molecule has 2 bridgehead atoms. The van der Waals surface area contributed by atoms with Crippen LogP contribution in [0.4, 0.5) is 0 Å². The Morgan fingerprint density at radius 2 is 0.765 bits per heavy atom. The smallest absolute Gasteiger partial charge is 0.187 e. The Hall–Kier alpha value is -2.83. The molecule has 98 heavy (non-hydrogen) atoms. The first-order valence-corrected chi connectivity index (χ1v) is 32.2. The monoisotopic (exact) mass is 1420 g/mol. The molecular formula is C61H97N3O34. The molecule has 560 valence electrons. The molecule has 36 atom stereocenters. The van der Waals surface area contributed by atoms with Gasteiger partial charge in [-0.2, -0.15) is 0 Å². The average Bonchev–Trinajstić information content (AvgIpc) is 0.776. The molecule has 9 heterocycles. The molecule has 37 nitrogen and oxygen atoms in total. The predicted octanol–water partition coefficient (Wildman–Crippen LogP) is -3.30. The lowest BCUT2D eigenvalue weighted by atomic mass is 9.94. The standard InChI is InChI=1S/C61H97N3O34/c1-71-20-28-42(96-58-50(79-9)46(75-5)40(27(19-66)86-58)94-56-36(69)34(67)38(26(18-65)85-56)93-57-37(70)35(68)39-31(88-57)23-83-54(92-39)25-16-14-13-15-17-25)47(76-6)52(81-11)60(90-28)98-44-30(22-73-3)91-61(53(82-12)49(44)78-8)97-43-29(21-72-2)89-59(51(80-10)48(43)77-7)95-41-32-24-84-55(87-32)33(63-64-62)45(41)74-4/h13-17,26-61,65-70H,18-24H2,1-12H3/t26?,27?,28?,29?,30?,31?,32?,33-,34?,35?,36?,37?,38+,39+,40-,41-,42-,43+,44+,45?,46?,47?,48?,49?,50+,51?,52+,53?,54?,55-,56+,57+,58-,59+,60-,61+/m0/s1. The lowest BCUT2D eigenvalue weighted by molar-refractivity contribution is -0.404. The Bertz CT molecular complexity index is 2580. The van der Waals surface area contributed by atoms with Gasteiger partial charge < -0.3 is 163 Å². The van der Waals surface area contributed by atoms with Crippen LogP contribution in [0.5, 0.6) is 0 Å². The molecule has 9 fully saturated rings. The SMILES string of the molecule is COCC1O[C@H](O[C@H]2C3CO[C@@H](O3)[C@@H](N=[N+]=[N-])C2OC)C(OC)C(OC)[C@@H]1O[C@H]1OC(COC)[C@@H](O[C@@H]2OC(COC)[C@H](O[C@@H]3OC(CO)[C@H](O[C@H]4OC(CO)[C@@H](O[C@H]5OC6COC(c7ccccc7)O[C@H]6C(O)C5O)C(O)C4O)C(OC)[C@H]3OC)C(OC)[C@H]2OC)C(OC)C1OC. The Kier molecular flexibility index (Phi) is 28.8. The van der Waals surface area contributed by atoms with Crippen LogP contribution >= 0.6 is 0 Å². The van der Waals surface area contributed by atoms with E-state index in [0.29, 0.717) is 5.56 Å². The number of rotatable bonds is 31. The summed E-state index contributed by atoms with van der Waals surface area (Å²) in [6, 6.07) is 8.12. The number of nitrogens with zero attached hydrogens (tertiary/aromatic N) is 3. The van der Waals surface area contributed by atoms with Crippen LogP contribution in [-0.4, -0.2) is 377 Å². The molecule has 10 rings (SSSR count). The van der Waals surface area contributed by atoms with E-state index in [1.807, 2.05) is 6.07 Å². The molecule has 9 aliphatic rings. The number of azide groups is 1. The van der Waals surface area contributed by atoms with E-state index in [-0.39, 0.29) is 33.0 Å². The van der Waals surface area contributed by atoms with E-state index < -0.39 is 234 Å². The van der Waals surface area contributed by atoms with Gasteiger partial charge in [0.1, 0.15) is 165 Å². The molecule has 0 aliphatic carbocycles. The highest BCUT2D eigenvalue weighted by Gasteiger charge is 2.61. The first-order valence-electron chi connectivity index (χ1n) is 32.2. The largest absolute Gasteiger partial charge is 0.394 e. The second kappa shape index (κ2) is 36.2. The number of methoxy groups -OCH3 is 12. The van der Waals surface area contributed by atoms with Crippen LogP contribution < -0.4 is 0 Å². The van der Waals surface area contributed by atoms with Crippen molar-refractivity contribution in [2.75, 3.05) is 132 Å². The summed E-state index contributed by atoms with van der Waals surface area (Å²) in [5.74, 6) is 0. The van der Waals surface area contributed by atoms with E-state index >= 15 is 0 Å². The summed E-state index contributed by atoms with van der Waals surface area (Å²) < 4.78 is 174. The summed E-state index contributed by atoms with van der Waals surface area (Å²) in [5, 5.41) is 71.4. The quantitative estimate of drug-likeness (QED) is 0.0241. The number of aliphatic hydroxyl groups excluding tert-OH is 6. The third kappa shape index (κ3) is 16.2. The van der Waals surface area contributed by atoms with Gasteiger partial charge in [-0.3, -0.25) is 0 Å². The van der Waals surface area contributed by atoms with Crippen LogP contribution in [0.1, 0.15) is 11.9 Å². The van der Waals surface area contributed by atoms with E-state index in [9.17, 15) is 36.2 Å². The molecular weight excluding hydrogens is 1320 g/mol. The first kappa shape index (κ1) is 77.8. The van der Waals surface area contributed by atoms with E-state index in [2.05, 4.69) is 10.0 Å². The minimum absolute atomic E-state index is 0.0334. The zero-order chi connectivity index (χ0) is 70.1. The molecule has 9 aliphatic heterocycles. The summed E-state index contributed by atoms with van der Waals surface area (Å²) in [7, 11) is 17.3. The lowest BCUT2D eigenvalue weighted by Crippen LogP contribution is -2.69. The Balaban J connectivity index is 0.807. The molecule has 1 aromatic rings. The maximum atomic E-state index is 11.7. The van der Waals surface area contributed by atoms with Crippen molar-refractivity contribution in [2.45, 2.75) is 221 Å². The van der Waals surface area contributed by atoms with E-state index in [0.717, 1.165) is 0 Å². The molecule has 0 radical (unpaired) electrons. The Labute approximate surface area is 566 Å². The van der Waals surface area contributed by atoms with Gasteiger partial charge in [-0.05, 0) is 5.53 Å². The molecule has 19 unspecified atom stereocenters. The fourth-order valence-corrected chi connectivity index (χ4v) is 14.4. The van der Waals surface area contributed by atoms with E-state index in [4.69, 9.17) is 133 Å². The van der Waals surface area contributed by atoms with Gasteiger partial charge in [0.2, 0.25) is 0 Å². The molecule has 9 saturated heterocycles. The van der Waals surface area contributed by atoms with Crippen LogP contribution in [0.3, 0.4) is 0 Å². The van der Waals surface area contributed by atoms with Gasteiger partial charge in [-0.1, -0.05) is 35.4 Å². The van der Waals surface area contributed by atoms with E-state index in [1.54, 1.807) is 24.3 Å².